The number of thiazole rings is 1. The number of rotatable bonds is 2. The Hall–Kier alpha value is -1.91. The maximum Gasteiger partial charge on any atom is 0.124 e. The van der Waals surface area contributed by atoms with Gasteiger partial charge in [-0.2, -0.15) is 0 Å². The van der Waals surface area contributed by atoms with Crippen LogP contribution >= 0.6 is 27.3 Å². The lowest BCUT2D eigenvalue weighted by atomic mass is 10.1. The molecule has 0 radical (unpaired) electrons. The highest BCUT2D eigenvalue weighted by atomic mass is 79.9. The highest BCUT2D eigenvalue weighted by molar-refractivity contribution is 9.10. The molecule has 0 aliphatic rings. The van der Waals surface area contributed by atoms with Crippen LogP contribution in [0.25, 0.3) is 32.7 Å². The van der Waals surface area contributed by atoms with Gasteiger partial charge in [-0.15, -0.1) is 11.3 Å². The number of para-hydroxylation sites is 1. The zero-order chi connectivity index (χ0) is 14.2. The van der Waals surface area contributed by atoms with Gasteiger partial charge in [-0.05, 0) is 18.2 Å². The van der Waals surface area contributed by atoms with E-state index in [1.54, 1.807) is 11.3 Å². The standard InChI is InChI=1S/C17H11BrN2S/c18-12-7-5-11(6-8-12)17-20-16(10-21-17)14-9-19-15-4-2-1-3-13(14)15/h1-10,19H. The molecule has 0 atom stereocenters. The number of nitrogens with zero attached hydrogens (tertiary/aromatic N) is 1. The van der Waals surface area contributed by atoms with Gasteiger partial charge in [0.25, 0.3) is 0 Å². The third kappa shape index (κ3) is 2.30. The smallest absolute Gasteiger partial charge is 0.124 e. The SMILES string of the molecule is Brc1ccc(-c2nc(-c3c[nH]c4ccccc34)cs2)cc1. The van der Waals surface area contributed by atoms with E-state index in [2.05, 4.69) is 56.6 Å². The Labute approximate surface area is 134 Å². The topological polar surface area (TPSA) is 28.7 Å². The largest absolute Gasteiger partial charge is 0.360 e. The minimum absolute atomic E-state index is 1.02. The van der Waals surface area contributed by atoms with Crippen molar-refractivity contribution < 1.29 is 0 Å². The summed E-state index contributed by atoms with van der Waals surface area (Å²) in [6.07, 6.45) is 2.03. The number of halogens is 1. The summed E-state index contributed by atoms with van der Waals surface area (Å²) < 4.78 is 1.08. The second-order valence-electron chi connectivity index (χ2n) is 4.79. The van der Waals surface area contributed by atoms with Crippen LogP contribution < -0.4 is 0 Å². The fourth-order valence-electron chi connectivity index (χ4n) is 2.41. The summed E-state index contributed by atoms with van der Waals surface area (Å²) in [6, 6.07) is 16.6. The van der Waals surface area contributed by atoms with E-state index in [0.717, 1.165) is 31.8 Å². The van der Waals surface area contributed by atoms with Gasteiger partial charge in [-0.1, -0.05) is 46.3 Å². The van der Waals surface area contributed by atoms with E-state index < -0.39 is 0 Å². The number of nitrogens with one attached hydrogen (secondary N) is 1. The van der Waals surface area contributed by atoms with Crippen molar-refractivity contribution >= 4 is 38.2 Å². The fourth-order valence-corrected chi connectivity index (χ4v) is 3.50. The normalized spacial score (nSPS) is 11.1. The third-order valence-corrected chi connectivity index (χ3v) is 4.88. The molecule has 21 heavy (non-hydrogen) atoms. The Morgan fingerprint density at radius 2 is 1.81 bits per heavy atom. The van der Waals surface area contributed by atoms with E-state index in [1.165, 1.54) is 5.39 Å². The molecule has 102 valence electrons. The first-order valence-corrected chi connectivity index (χ1v) is 8.26. The second kappa shape index (κ2) is 5.13. The number of hydrogen-bond acceptors (Lipinski definition) is 2. The van der Waals surface area contributed by atoms with Gasteiger partial charge in [0, 0.05) is 38.1 Å². The molecule has 2 aromatic carbocycles. The first kappa shape index (κ1) is 12.8. The first-order valence-electron chi connectivity index (χ1n) is 6.59. The predicted molar refractivity (Wildman–Crippen MR) is 92.5 cm³/mol. The summed E-state index contributed by atoms with van der Waals surface area (Å²) in [5.41, 5.74) is 4.47. The maximum atomic E-state index is 4.79. The Morgan fingerprint density at radius 1 is 1.00 bits per heavy atom. The maximum absolute atomic E-state index is 4.79. The van der Waals surface area contributed by atoms with Crippen LogP contribution in [-0.2, 0) is 0 Å². The zero-order valence-corrected chi connectivity index (χ0v) is 13.4. The van der Waals surface area contributed by atoms with Crippen LogP contribution in [0.5, 0.6) is 0 Å². The molecule has 4 aromatic rings. The molecule has 0 amide bonds. The van der Waals surface area contributed by atoms with Gasteiger partial charge in [0.2, 0.25) is 0 Å². The molecule has 0 saturated heterocycles. The average molecular weight is 355 g/mol. The van der Waals surface area contributed by atoms with Crippen molar-refractivity contribution in [2.75, 3.05) is 0 Å². The summed E-state index contributed by atoms with van der Waals surface area (Å²) in [5.74, 6) is 0. The van der Waals surface area contributed by atoms with Crippen LogP contribution in [0.1, 0.15) is 0 Å². The molecule has 0 aliphatic carbocycles. The Balaban J connectivity index is 1.79. The van der Waals surface area contributed by atoms with E-state index in [-0.39, 0.29) is 0 Å². The van der Waals surface area contributed by atoms with Crippen LogP contribution in [0.3, 0.4) is 0 Å². The molecular formula is C17H11BrN2S. The number of benzene rings is 2. The van der Waals surface area contributed by atoms with E-state index in [1.807, 2.05) is 24.4 Å². The Kier molecular flexibility index (Phi) is 3.13. The number of aromatic nitrogens is 2. The minimum atomic E-state index is 1.02. The predicted octanol–water partition coefficient (Wildman–Crippen LogP) is 5.72. The van der Waals surface area contributed by atoms with E-state index in [4.69, 9.17) is 4.98 Å². The second-order valence-corrected chi connectivity index (χ2v) is 6.57. The molecule has 0 fully saturated rings. The molecule has 2 aromatic heterocycles. The van der Waals surface area contributed by atoms with Crippen LogP contribution in [-0.4, -0.2) is 9.97 Å². The van der Waals surface area contributed by atoms with Crippen molar-refractivity contribution in [3.8, 4) is 21.8 Å². The van der Waals surface area contributed by atoms with Gasteiger partial charge < -0.3 is 4.98 Å². The molecule has 0 aliphatic heterocycles. The van der Waals surface area contributed by atoms with E-state index in [9.17, 15) is 0 Å². The molecule has 0 spiro atoms. The lowest BCUT2D eigenvalue weighted by Gasteiger charge is -1.96. The number of fused-ring (bicyclic) bond motifs is 1. The molecule has 4 heteroatoms. The summed E-state index contributed by atoms with van der Waals surface area (Å²) in [4.78, 5) is 8.09. The minimum Gasteiger partial charge on any atom is -0.360 e. The van der Waals surface area contributed by atoms with Gasteiger partial charge in [0.05, 0.1) is 5.69 Å². The van der Waals surface area contributed by atoms with Crippen LogP contribution in [0.2, 0.25) is 0 Å². The zero-order valence-electron chi connectivity index (χ0n) is 11.0. The van der Waals surface area contributed by atoms with Gasteiger partial charge in [0.15, 0.2) is 0 Å². The fraction of sp³-hybridized carbons (Fsp3) is 0. The van der Waals surface area contributed by atoms with Crippen molar-refractivity contribution in [3.05, 3.63) is 64.6 Å². The summed E-state index contributed by atoms with van der Waals surface area (Å²) >= 11 is 5.14. The molecule has 1 N–H and O–H groups in total. The van der Waals surface area contributed by atoms with E-state index >= 15 is 0 Å². The summed E-state index contributed by atoms with van der Waals surface area (Å²) in [7, 11) is 0. The third-order valence-electron chi connectivity index (χ3n) is 3.46. The average Bonchev–Trinajstić information content (AvgIpc) is 3.14. The molecular weight excluding hydrogens is 344 g/mol. The molecule has 2 heterocycles. The molecule has 0 bridgehead atoms. The van der Waals surface area contributed by atoms with Gasteiger partial charge in [-0.25, -0.2) is 4.98 Å². The van der Waals surface area contributed by atoms with Crippen LogP contribution in [0.15, 0.2) is 64.6 Å². The lowest BCUT2D eigenvalue weighted by Crippen LogP contribution is -1.78. The van der Waals surface area contributed by atoms with Crippen molar-refractivity contribution in [1.29, 1.82) is 0 Å². The molecule has 4 rings (SSSR count). The first-order chi connectivity index (χ1) is 10.3. The Bertz CT molecular complexity index is 906. The van der Waals surface area contributed by atoms with Crippen molar-refractivity contribution in [1.82, 2.24) is 9.97 Å². The highest BCUT2D eigenvalue weighted by Crippen LogP contribution is 2.33. The summed E-state index contributed by atoms with van der Waals surface area (Å²) in [6.45, 7) is 0. The van der Waals surface area contributed by atoms with Crippen molar-refractivity contribution in [3.63, 3.8) is 0 Å². The number of aromatic amines is 1. The van der Waals surface area contributed by atoms with Crippen LogP contribution in [0.4, 0.5) is 0 Å². The quantitative estimate of drug-likeness (QED) is 0.489. The molecule has 0 unspecified atom stereocenters. The summed E-state index contributed by atoms with van der Waals surface area (Å²) in [5, 5.41) is 4.38. The van der Waals surface area contributed by atoms with Crippen LogP contribution in [0, 0.1) is 0 Å². The van der Waals surface area contributed by atoms with Gasteiger partial charge in [0.1, 0.15) is 5.01 Å². The number of hydrogen-bond donors (Lipinski definition) is 1. The number of H-pyrrole nitrogens is 1. The van der Waals surface area contributed by atoms with Gasteiger partial charge in [-0.3, -0.25) is 0 Å². The van der Waals surface area contributed by atoms with Gasteiger partial charge >= 0.3 is 0 Å². The molecule has 0 saturated carbocycles. The lowest BCUT2D eigenvalue weighted by molar-refractivity contribution is 1.40. The van der Waals surface area contributed by atoms with Crippen molar-refractivity contribution in [2.24, 2.45) is 0 Å². The molecule has 2 nitrogen and oxygen atoms in total. The van der Waals surface area contributed by atoms with Crippen molar-refractivity contribution in [2.45, 2.75) is 0 Å². The monoisotopic (exact) mass is 354 g/mol. The van der Waals surface area contributed by atoms with E-state index in [0.29, 0.717) is 0 Å². The Morgan fingerprint density at radius 3 is 2.67 bits per heavy atom. The highest BCUT2D eigenvalue weighted by Gasteiger charge is 2.10.